The SMILES string of the molecule is Clc1ccccc1C[NH+]1CCc2ccccc2C1. The van der Waals surface area contributed by atoms with Crippen molar-refractivity contribution in [1.82, 2.24) is 0 Å². The second-order valence-electron chi connectivity index (χ2n) is 4.96. The average molecular weight is 259 g/mol. The molecule has 2 aromatic carbocycles. The predicted molar refractivity (Wildman–Crippen MR) is 74.8 cm³/mol. The van der Waals surface area contributed by atoms with E-state index in [0.29, 0.717) is 0 Å². The van der Waals surface area contributed by atoms with Gasteiger partial charge in [-0.05, 0) is 11.6 Å². The number of quaternary nitrogens is 1. The first-order chi connectivity index (χ1) is 8.83. The first-order valence-electron chi connectivity index (χ1n) is 6.47. The summed E-state index contributed by atoms with van der Waals surface area (Å²) < 4.78 is 0. The lowest BCUT2D eigenvalue weighted by atomic mass is 9.99. The zero-order valence-corrected chi connectivity index (χ0v) is 11.1. The van der Waals surface area contributed by atoms with E-state index in [-0.39, 0.29) is 0 Å². The fourth-order valence-electron chi connectivity index (χ4n) is 2.70. The number of hydrogen-bond donors (Lipinski definition) is 1. The van der Waals surface area contributed by atoms with Crippen LogP contribution >= 0.6 is 11.6 Å². The topological polar surface area (TPSA) is 4.44 Å². The third kappa shape index (κ3) is 2.43. The van der Waals surface area contributed by atoms with Crippen LogP contribution in [0.3, 0.4) is 0 Å². The number of halogens is 1. The van der Waals surface area contributed by atoms with Crippen molar-refractivity contribution in [3.05, 3.63) is 70.2 Å². The summed E-state index contributed by atoms with van der Waals surface area (Å²) in [6, 6.07) is 17.0. The molecule has 0 aliphatic carbocycles. The Labute approximate surface area is 113 Å². The van der Waals surface area contributed by atoms with Crippen LogP contribution in [0, 0.1) is 0 Å². The zero-order chi connectivity index (χ0) is 12.4. The van der Waals surface area contributed by atoms with Gasteiger partial charge in [-0.25, -0.2) is 0 Å². The van der Waals surface area contributed by atoms with Crippen molar-refractivity contribution in [3.8, 4) is 0 Å². The van der Waals surface area contributed by atoms with Crippen LogP contribution in [0.1, 0.15) is 16.7 Å². The average Bonchev–Trinajstić information content (AvgIpc) is 2.41. The van der Waals surface area contributed by atoms with E-state index in [9.17, 15) is 0 Å². The number of benzene rings is 2. The van der Waals surface area contributed by atoms with Gasteiger partial charge in [-0.1, -0.05) is 54.1 Å². The van der Waals surface area contributed by atoms with Gasteiger partial charge in [0.2, 0.25) is 0 Å². The molecule has 0 fully saturated rings. The molecule has 1 heterocycles. The van der Waals surface area contributed by atoms with E-state index < -0.39 is 0 Å². The highest BCUT2D eigenvalue weighted by molar-refractivity contribution is 6.31. The molecule has 0 amide bonds. The van der Waals surface area contributed by atoms with Gasteiger partial charge in [0.25, 0.3) is 0 Å². The first-order valence-corrected chi connectivity index (χ1v) is 6.84. The molecule has 18 heavy (non-hydrogen) atoms. The predicted octanol–water partition coefficient (Wildman–Crippen LogP) is 2.48. The Morgan fingerprint density at radius 2 is 1.67 bits per heavy atom. The quantitative estimate of drug-likeness (QED) is 0.844. The highest BCUT2D eigenvalue weighted by atomic mass is 35.5. The van der Waals surface area contributed by atoms with Crippen LogP contribution in [0.4, 0.5) is 0 Å². The molecule has 1 unspecified atom stereocenters. The largest absolute Gasteiger partial charge is 0.327 e. The van der Waals surface area contributed by atoms with Gasteiger partial charge in [-0.2, -0.15) is 0 Å². The van der Waals surface area contributed by atoms with E-state index in [0.717, 1.165) is 18.1 Å². The molecule has 3 rings (SSSR count). The lowest BCUT2D eigenvalue weighted by Gasteiger charge is -2.26. The highest BCUT2D eigenvalue weighted by Gasteiger charge is 2.19. The van der Waals surface area contributed by atoms with E-state index in [1.165, 1.54) is 29.7 Å². The molecule has 0 saturated carbocycles. The molecule has 0 bridgehead atoms. The fourth-order valence-corrected chi connectivity index (χ4v) is 2.91. The van der Waals surface area contributed by atoms with E-state index in [4.69, 9.17) is 11.6 Å². The van der Waals surface area contributed by atoms with Gasteiger partial charge in [0.1, 0.15) is 13.1 Å². The summed E-state index contributed by atoms with van der Waals surface area (Å²) in [5, 5.41) is 0.892. The minimum atomic E-state index is 0.892. The Kier molecular flexibility index (Phi) is 3.35. The summed E-state index contributed by atoms with van der Waals surface area (Å²) in [4.78, 5) is 1.60. The van der Waals surface area contributed by atoms with Crippen molar-refractivity contribution in [2.24, 2.45) is 0 Å². The molecule has 1 aliphatic rings. The normalized spacial score (nSPS) is 18.4. The number of nitrogens with one attached hydrogen (secondary N) is 1. The van der Waals surface area contributed by atoms with Gasteiger partial charge < -0.3 is 4.90 Å². The van der Waals surface area contributed by atoms with Crippen molar-refractivity contribution in [2.45, 2.75) is 19.5 Å². The monoisotopic (exact) mass is 258 g/mol. The van der Waals surface area contributed by atoms with Crippen LogP contribution in [0.25, 0.3) is 0 Å². The highest BCUT2D eigenvalue weighted by Crippen LogP contribution is 2.15. The van der Waals surface area contributed by atoms with E-state index in [2.05, 4.69) is 36.4 Å². The standard InChI is InChI=1S/C16H16ClN/c17-16-8-4-3-7-15(16)12-18-10-9-13-5-1-2-6-14(13)11-18/h1-8H,9-12H2/p+1. The van der Waals surface area contributed by atoms with Crippen LogP contribution in [0.5, 0.6) is 0 Å². The molecular weight excluding hydrogens is 242 g/mol. The second kappa shape index (κ2) is 5.13. The second-order valence-corrected chi connectivity index (χ2v) is 5.37. The Hall–Kier alpha value is -1.31. The van der Waals surface area contributed by atoms with Crippen molar-refractivity contribution in [2.75, 3.05) is 6.54 Å². The molecule has 1 nitrogen and oxygen atoms in total. The van der Waals surface area contributed by atoms with Crippen LogP contribution < -0.4 is 4.90 Å². The Morgan fingerprint density at radius 3 is 2.50 bits per heavy atom. The zero-order valence-electron chi connectivity index (χ0n) is 10.3. The first kappa shape index (κ1) is 11.8. The lowest BCUT2D eigenvalue weighted by Crippen LogP contribution is -3.10. The summed E-state index contributed by atoms with van der Waals surface area (Å²) in [5.74, 6) is 0. The minimum absolute atomic E-state index is 0.892. The summed E-state index contributed by atoms with van der Waals surface area (Å²) >= 11 is 6.23. The van der Waals surface area contributed by atoms with E-state index >= 15 is 0 Å². The maximum atomic E-state index is 6.23. The van der Waals surface area contributed by atoms with Crippen molar-refractivity contribution < 1.29 is 4.90 Å². The van der Waals surface area contributed by atoms with Crippen LogP contribution in [-0.4, -0.2) is 6.54 Å². The molecule has 1 aliphatic heterocycles. The fraction of sp³-hybridized carbons (Fsp3) is 0.250. The van der Waals surface area contributed by atoms with Crippen molar-refractivity contribution in [3.63, 3.8) is 0 Å². The number of fused-ring (bicyclic) bond motifs is 1. The van der Waals surface area contributed by atoms with Gasteiger partial charge in [0.15, 0.2) is 0 Å². The van der Waals surface area contributed by atoms with Gasteiger partial charge in [0, 0.05) is 22.6 Å². The molecule has 0 spiro atoms. The number of rotatable bonds is 2. The summed E-state index contributed by atoms with van der Waals surface area (Å²) in [5.41, 5.74) is 4.26. The molecule has 2 heteroatoms. The van der Waals surface area contributed by atoms with E-state index in [1.54, 1.807) is 4.90 Å². The van der Waals surface area contributed by atoms with Crippen LogP contribution in [0.2, 0.25) is 5.02 Å². The third-order valence-corrected chi connectivity index (χ3v) is 4.07. The van der Waals surface area contributed by atoms with Gasteiger partial charge in [-0.3, -0.25) is 0 Å². The van der Waals surface area contributed by atoms with Crippen molar-refractivity contribution in [1.29, 1.82) is 0 Å². The summed E-state index contributed by atoms with van der Waals surface area (Å²) in [6.07, 6.45) is 1.18. The minimum Gasteiger partial charge on any atom is -0.327 e. The molecule has 0 saturated heterocycles. The van der Waals surface area contributed by atoms with Gasteiger partial charge in [-0.15, -0.1) is 0 Å². The van der Waals surface area contributed by atoms with E-state index in [1.807, 2.05) is 12.1 Å². The summed E-state index contributed by atoms with van der Waals surface area (Å²) in [7, 11) is 0. The third-order valence-electron chi connectivity index (χ3n) is 3.71. The molecule has 2 aromatic rings. The molecule has 0 aromatic heterocycles. The molecular formula is C16H17ClN+. The Balaban J connectivity index is 1.75. The van der Waals surface area contributed by atoms with Crippen LogP contribution in [0.15, 0.2) is 48.5 Å². The Morgan fingerprint density at radius 1 is 0.944 bits per heavy atom. The van der Waals surface area contributed by atoms with Crippen molar-refractivity contribution >= 4 is 11.6 Å². The molecule has 0 radical (unpaired) electrons. The molecule has 1 atom stereocenters. The lowest BCUT2D eigenvalue weighted by molar-refractivity contribution is -0.929. The molecule has 1 N–H and O–H groups in total. The van der Waals surface area contributed by atoms with Gasteiger partial charge in [0.05, 0.1) is 6.54 Å². The number of hydrogen-bond acceptors (Lipinski definition) is 0. The maximum absolute atomic E-state index is 6.23. The maximum Gasteiger partial charge on any atom is 0.105 e. The smallest absolute Gasteiger partial charge is 0.105 e. The summed E-state index contributed by atoms with van der Waals surface area (Å²) in [6.45, 7) is 3.33. The Bertz CT molecular complexity index is 550. The van der Waals surface area contributed by atoms with Crippen LogP contribution in [-0.2, 0) is 19.5 Å². The van der Waals surface area contributed by atoms with Gasteiger partial charge >= 0.3 is 0 Å². The molecule has 92 valence electrons.